The first kappa shape index (κ1) is 23.4. The predicted octanol–water partition coefficient (Wildman–Crippen LogP) is 6.37. The molecule has 0 saturated carbocycles. The summed E-state index contributed by atoms with van der Waals surface area (Å²) in [6.07, 6.45) is -4.31. The number of rotatable bonds is 4. The van der Waals surface area contributed by atoms with Gasteiger partial charge in [-0.25, -0.2) is 15.0 Å². The molecule has 4 aromatic heterocycles. The van der Waals surface area contributed by atoms with Gasteiger partial charge in [0, 0.05) is 35.1 Å². The zero-order chi connectivity index (χ0) is 25.5. The fourth-order valence-electron chi connectivity index (χ4n) is 3.79. The highest BCUT2D eigenvalue weighted by Gasteiger charge is 2.43. The smallest absolute Gasteiger partial charge is 0.353 e. The van der Waals surface area contributed by atoms with Gasteiger partial charge in [-0.2, -0.15) is 26.3 Å². The van der Waals surface area contributed by atoms with Crippen molar-refractivity contribution in [1.82, 2.24) is 24.9 Å². The molecule has 5 rings (SSSR count). The lowest BCUT2D eigenvalue weighted by Gasteiger charge is -2.25. The molecular formula is C24H14F6N6. The van der Waals surface area contributed by atoms with Crippen LogP contribution >= 0.6 is 0 Å². The van der Waals surface area contributed by atoms with E-state index in [0.717, 1.165) is 30.6 Å². The molecule has 36 heavy (non-hydrogen) atoms. The summed E-state index contributed by atoms with van der Waals surface area (Å²) in [6.45, 7) is 0. The normalized spacial score (nSPS) is 13.2. The first-order chi connectivity index (χ1) is 17.1. The molecule has 0 aliphatic heterocycles. The maximum Gasteiger partial charge on any atom is 0.416 e. The quantitative estimate of drug-likeness (QED) is 0.289. The topological polar surface area (TPSA) is 76.5 Å². The van der Waals surface area contributed by atoms with Crippen molar-refractivity contribution in [1.29, 1.82) is 0 Å². The number of nitrogens with one attached hydrogen (secondary N) is 1. The van der Waals surface area contributed by atoms with Gasteiger partial charge in [-0.15, -0.1) is 0 Å². The van der Waals surface area contributed by atoms with Crippen molar-refractivity contribution in [2.24, 2.45) is 0 Å². The molecule has 182 valence electrons. The van der Waals surface area contributed by atoms with Crippen LogP contribution in [-0.2, 0) is 6.18 Å². The number of halogens is 6. The summed E-state index contributed by atoms with van der Waals surface area (Å²) in [5.41, 5.74) is -0.710. The highest BCUT2D eigenvalue weighted by atomic mass is 19.4. The number of benzene rings is 1. The standard InChI is InChI=1S/C24H14F6N6/c25-23(26,27)15-5-6-17-14(9-15)10-16(19(35-17)13-3-1-7-31-11-13)21(24(28,29)30)36-22-20-18(33-12-34-22)4-2-8-32-20/h1-12,21H,(H,33,34,36)/t21-/m1/s1. The van der Waals surface area contributed by atoms with Crippen LogP contribution in [0.25, 0.3) is 33.2 Å². The van der Waals surface area contributed by atoms with E-state index in [9.17, 15) is 26.3 Å². The number of aromatic nitrogens is 5. The van der Waals surface area contributed by atoms with Gasteiger partial charge in [-0.1, -0.05) is 0 Å². The average molecular weight is 500 g/mol. The first-order valence-electron chi connectivity index (χ1n) is 10.4. The molecule has 4 heterocycles. The SMILES string of the molecule is FC(F)(F)c1ccc2nc(-c3cccnc3)c([C@@H](Nc3ncnc4cccnc34)C(F)(F)F)cc2c1. The minimum atomic E-state index is -4.89. The number of nitrogens with zero attached hydrogens (tertiary/aromatic N) is 5. The second-order valence-electron chi connectivity index (χ2n) is 7.79. The highest BCUT2D eigenvalue weighted by molar-refractivity contribution is 5.86. The van der Waals surface area contributed by atoms with Gasteiger partial charge in [0.25, 0.3) is 0 Å². The molecule has 0 aliphatic rings. The molecule has 0 fully saturated rings. The fourth-order valence-corrected chi connectivity index (χ4v) is 3.79. The number of hydrogen-bond acceptors (Lipinski definition) is 6. The Labute approximate surface area is 199 Å². The van der Waals surface area contributed by atoms with Crippen molar-refractivity contribution in [3.8, 4) is 11.3 Å². The molecule has 0 bridgehead atoms. The molecule has 0 radical (unpaired) electrons. The number of alkyl halides is 6. The van der Waals surface area contributed by atoms with Gasteiger partial charge in [0.15, 0.2) is 11.9 Å². The summed E-state index contributed by atoms with van der Waals surface area (Å²) in [7, 11) is 0. The Bertz CT molecular complexity index is 1550. The Morgan fingerprint density at radius 1 is 0.806 bits per heavy atom. The van der Waals surface area contributed by atoms with E-state index in [1.165, 1.54) is 30.7 Å². The maximum atomic E-state index is 14.5. The van der Waals surface area contributed by atoms with Crippen LogP contribution in [0.3, 0.4) is 0 Å². The molecule has 1 atom stereocenters. The van der Waals surface area contributed by atoms with E-state index in [0.29, 0.717) is 5.52 Å². The van der Waals surface area contributed by atoms with Crippen LogP contribution in [0.1, 0.15) is 17.2 Å². The summed E-state index contributed by atoms with van der Waals surface area (Å²) in [5.74, 6) is -0.191. The zero-order valence-electron chi connectivity index (χ0n) is 18.0. The van der Waals surface area contributed by atoms with E-state index in [1.54, 1.807) is 12.1 Å². The highest BCUT2D eigenvalue weighted by Crippen LogP contribution is 2.41. The lowest BCUT2D eigenvalue weighted by Crippen LogP contribution is -2.29. The molecule has 6 nitrogen and oxygen atoms in total. The van der Waals surface area contributed by atoms with Crippen molar-refractivity contribution in [3.05, 3.63) is 84.6 Å². The lowest BCUT2D eigenvalue weighted by atomic mass is 9.97. The van der Waals surface area contributed by atoms with Crippen molar-refractivity contribution < 1.29 is 26.3 Å². The average Bonchev–Trinajstić information content (AvgIpc) is 2.85. The second kappa shape index (κ2) is 8.70. The van der Waals surface area contributed by atoms with Gasteiger partial charge < -0.3 is 5.32 Å². The maximum absolute atomic E-state index is 14.5. The fraction of sp³-hybridized carbons (Fsp3) is 0.125. The van der Waals surface area contributed by atoms with Gasteiger partial charge in [0.05, 0.1) is 22.3 Å². The molecular weight excluding hydrogens is 486 g/mol. The zero-order valence-corrected chi connectivity index (χ0v) is 18.0. The van der Waals surface area contributed by atoms with E-state index in [-0.39, 0.29) is 33.5 Å². The third-order valence-corrected chi connectivity index (χ3v) is 5.42. The predicted molar refractivity (Wildman–Crippen MR) is 120 cm³/mol. The van der Waals surface area contributed by atoms with Crippen LogP contribution in [0, 0.1) is 0 Å². The summed E-state index contributed by atoms with van der Waals surface area (Å²) in [4.78, 5) is 20.3. The Morgan fingerprint density at radius 2 is 1.61 bits per heavy atom. The Balaban J connectivity index is 1.74. The molecule has 1 N–H and O–H groups in total. The Morgan fingerprint density at radius 3 is 2.33 bits per heavy atom. The largest absolute Gasteiger partial charge is 0.416 e. The summed E-state index contributed by atoms with van der Waals surface area (Å²) >= 11 is 0. The van der Waals surface area contributed by atoms with Crippen LogP contribution in [-0.4, -0.2) is 31.1 Å². The first-order valence-corrected chi connectivity index (χ1v) is 10.4. The van der Waals surface area contributed by atoms with E-state index < -0.39 is 29.5 Å². The van der Waals surface area contributed by atoms with Gasteiger partial charge >= 0.3 is 12.4 Å². The Hall–Kier alpha value is -4.35. The van der Waals surface area contributed by atoms with Crippen molar-refractivity contribution >= 4 is 27.8 Å². The number of anilines is 1. The van der Waals surface area contributed by atoms with Gasteiger partial charge in [0.1, 0.15) is 11.8 Å². The number of fused-ring (bicyclic) bond motifs is 2. The molecule has 0 aliphatic carbocycles. The number of pyridine rings is 3. The van der Waals surface area contributed by atoms with Crippen molar-refractivity contribution in [3.63, 3.8) is 0 Å². The van der Waals surface area contributed by atoms with Gasteiger partial charge in [0.2, 0.25) is 0 Å². The third-order valence-electron chi connectivity index (χ3n) is 5.42. The molecule has 5 aromatic rings. The molecule has 12 heteroatoms. The summed E-state index contributed by atoms with van der Waals surface area (Å²) in [6, 6.07) is 7.58. The minimum absolute atomic E-state index is 0.0866. The van der Waals surface area contributed by atoms with E-state index in [4.69, 9.17) is 0 Å². The monoisotopic (exact) mass is 500 g/mol. The van der Waals surface area contributed by atoms with Crippen LogP contribution < -0.4 is 5.32 Å². The molecule has 0 saturated heterocycles. The minimum Gasteiger partial charge on any atom is -0.353 e. The van der Waals surface area contributed by atoms with Crippen LogP contribution in [0.15, 0.2) is 73.4 Å². The van der Waals surface area contributed by atoms with Gasteiger partial charge in [-0.05, 0) is 48.5 Å². The van der Waals surface area contributed by atoms with Gasteiger partial charge in [-0.3, -0.25) is 9.97 Å². The third kappa shape index (κ3) is 4.49. The van der Waals surface area contributed by atoms with E-state index >= 15 is 0 Å². The summed E-state index contributed by atoms with van der Waals surface area (Å²) in [5, 5.41) is 2.27. The second-order valence-corrected chi connectivity index (χ2v) is 7.79. The molecule has 0 amide bonds. The van der Waals surface area contributed by atoms with Crippen molar-refractivity contribution in [2.75, 3.05) is 5.32 Å². The molecule has 1 aromatic carbocycles. The van der Waals surface area contributed by atoms with Crippen LogP contribution in [0.5, 0.6) is 0 Å². The summed E-state index contributed by atoms with van der Waals surface area (Å²) < 4.78 is 83.4. The molecule has 0 spiro atoms. The van der Waals surface area contributed by atoms with E-state index in [1.807, 2.05) is 0 Å². The Kier molecular flexibility index (Phi) is 5.65. The molecule has 0 unspecified atom stereocenters. The van der Waals surface area contributed by atoms with E-state index in [2.05, 4.69) is 30.2 Å². The van der Waals surface area contributed by atoms with Crippen LogP contribution in [0.2, 0.25) is 0 Å². The van der Waals surface area contributed by atoms with Crippen LogP contribution in [0.4, 0.5) is 32.2 Å². The number of hydrogen-bond donors (Lipinski definition) is 1. The lowest BCUT2D eigenvalue weighted by molar-refractivity contribution is -0.144. The van der Waals surface area contributed by atoms with Crippen molar-refractivity contribution in [2.45, 2.75) is 18.4 Å².